The molecule has 4 aromatic carbocycles. The molecule has 6 aromatic rings. The highest BCUT2D eigenvalue weighted by molar-refractivity contribution is 6.35. The van der Waals surface area contributed by atoms with Crippen LogP contribution in [-0.4, -0.2) is 52.6 Å². The SMILES string of the molecule is COc1ccc(N2CCC(NC(=O)C(C)C)CC2)c(NC(=O)c2[nH]c3cc(Cl)ccc3c2-c2c(-c3ccccc3)ncn2[C@@H](C)c2ccc(Cl)cc2Cl)c1. The number of anilines is 2. The van der Waals surface area contributed by atoms with E-state index < -0.39 is 0 Å². The second-order valence-electron chi connectivity index (χ2n) is 13.9. The van der Waals surface area contributed by atoms with Gasteiger partial charge in [0.1, 0.15) is 11.4 Å². The summed E-state index contributed by atoms with van der Waals surface area (Å²) in [5.74, 6) is 0.242. The molecule has 0 bridgehead atoms. The van der Waals surface area contributed by atoms with Crippen molar-refractivity contribution >= 4 is 68.9 Å². The van der Waals surface area contributed by atoms with Gasteiger partial charge in [0.15, 0.2) is 0 Å². The molecule has 0 saturated carbocycles. The van der Waals surface area contributed by atoms with Crippen LogP contribution in [0.2, 0.25) is 15.1 Å². The Hall–Kier alpha value is -4.96. The quantitative estimate of drug-likeness (QED) is 0.128. The molecule has 1 saturated heterocycles. The molecule has 1 aliphatic rings. The summed E-state index contributed by atoms with van der Waals surface area (Å²) in [6, 6.07) is 26.4. The van der Waals surface area contributed by atoms with E-state index in [1.54, 1.807) is 19.5 Å². The van der Waals surface area contributed by atoms with Crippen LogP contribution in [0.15, 0.2) is 91.3 Å². The zero-order chi connectivity index (χ0) is 38.1. The number of nitrogens with zero attached hydrogens (tertiary/aromatic N) is 3. The second kappa shape index (κ2) is 15.8. The molecule has 1 atom stereocenters. The molecule has 7 rings (SSSR count). The van der Waals surface area contributed by atoms with E-state index in [1.807, 2.05) is 104 Å². The molecule has 2 amide bonds. The summed E-state index contributed by atoms with van der Waals surface area (Å²) in [7, 11) is 1.60. The monoisotopic (exact) mass is 782 g/mol. The van der Waals surface area contributed by atoms with E-state index in [4.69, 9.17) is 44.5 Å². The summed E-state index contributed by atoms with van der Waals surface area (Å²) in [5, 5.41) is 8.79. The summed E-state index contributed by atoms with van der Waals surface area (Å²) in [5.41, 5.74) is 6.33. The van der Waals surface area contributed by atoms with Gasteiger partial charge in [-0.15, -0.1) is 0 Å². The normalized spacial score (nSPS) is 14.0. The lowest BCUT2D eigenvalue weighted by Crippen LogP contribution is -2.46. The molecule has 0 spiro atoms. The molecule has 1 aliphatic heterocycles. The third-order valence-electron chi connectivity index (χ3n) is 10.1. The highest BCUT2D eigenvalue weighted by Crippen LogP contribution is 2.43. The minimum absolute atomic E-state index is 0.0590. The number of fused-ring (bicyclic) bond motifs is 1. The van der Waals surface area contributed by atoms with Crippen molar-refractivity contribution in [3.05, 3.63) is 118 Å². The van der Waals surface area contributed by atoms with Crippen LogP contribution in [0.25, 0.3) is 33.4 Å². The molecule has 1 fully saturated rings. The van der Waals surface area contributed by atoms with Crippen LogP contribution in [0.4, 0.5) is 11.4 Å². The minimum atomic E-state index is -0.352. The van der Waals surface area contributed by atoms with Gasteiger partial charge in [-0.1, -0.05) is 91.1 Å². The van der Waals surface area contributed by atoms with Crippen molar-refractivity contribution in [1.29, 1.82) is 0 Å². The number of hydrogen-bond acceptors (Lipinski definition) is 5. The number of imidazole rings is 1. The van der Waals surface area contributed by atoms with E-state index in [-0.39, 0.29) is 29.8 Å². The molecule has 12 heteroatoms. The number of carbonyl (C=O) groups is 2. The number of hydrogen-bond donors (Lipinski definition) is 3. The molecule has 278 valence electrons. The maximum atomic E-state index is 14.8. The van der Waals surface area contributed by atoms with E-state index >= 15 is 0 Å². The summed E-state index contributed by atoms with van der Waals surface area (Å²) >= 11 is 19.6. The van der Waals surface area contributed by atoms with Gasteiger partial charge < -0.3 is 29.8 Å². The zero-order valence-corrected chi connectivity index (χ0v) is 32.7. The number of piperidine rings is 1. The molecule has 3 heterocycles. The van der Waals surface area contributed by atoms with Crippen molar-refractivity contribution in [3.8, 4) is 28.3 Å². The van der Waals surface area contributed by atoms with Crippen LogP contribution < -0.4 is 20.3 Å². The van der Waals surface area contributed by atoms with Crippen molar-refractivity contribution in [2.24, 2.45) is 5.92 Å². The predicted molar refractivity (Wildman–Crippen MR) is 219 cm³/mol. The first kappa shape index (κ1) is 37.4. The summed E-state index contributed by atoms with van der Waals surface area (Å²) < 4.78 is 7.65. The van der Waals surface area contributed by atoms with Crippen molar-refractivity contribution in [3.63, 3.8) is 0 Å². The zero-order valence-electron chi connectivity index (χ0n) is 30.4. The molecular formula is C42H41Cl3N6O3. The minimum Gasteiger partial charge on any atom is -0.497 e. The number of halogens is 3. The van der Waals surface area contributed by atoms with Crippen LogP contribution in [0.5, 0.6) is 5.75 Å². The van der Waals surface area contributed by atoms with Crippen molar-refractivity contribution in [2.45, 2.75) is 45.7 Å². The number of ether oxygens (including phenoxy) is 1. The highest BCUT2D eigenvalue weighted by atomic mass is 35.5. The fourth-order valence-electron chi connectivity index (χ4n) is 7.12. The number of benzene rings is 4. The maximum absolute atomic E-state index is 14.8. The molecule has 2 aromatic heterocycles. The van der Waals surface area contributed by atoms with E-state index in [0.717, 1.165) is 40.7 Å². The van der Waals surface area contributed by atoms with E-state index in [9.17, 15) is 9.59 Å². The third-order valence-corrected chi connectivity index (χ3v) is 10.9. The largest absolute Gasteiger partial charge is 0.497 e. The molecule has 0 unspecified atom stereocenters. The van der Waals surface area contributed by atoms with Crippen LogP contribution in [-0.2, 0) is 4.79 Å². The Bertz CT molecular complexity index is 2330. The summed E-state index contributed by atoms with van der Waals surface area (Å²) in [6.45, 7) is 7.25. The van der Waals surface area contributed by atoms with Gasteiger partial charge in [-0.3, -0.25) is 9.59 Å². The average molecular weight is 784 g/mol. The lowest BCUT2D eigenvalue weighted by atomic mass is 9.99. The summed E-state index contributed by atoms with van der Waals surface area (Å²) in [4.78, 5) is 37.8. The number of amides is 2. The first-order valence-corrected chi connectivity index (χ1v) is 19.1. The second-order valence-corrected chi connectivity index (χ2v) is 15.2. The Morgan fingerprint density at radius 2 is 1.63 bits per heavy atom. The van der Waals surface area contributed by atoms with Gasteiger partial charge in [-0.2, -0.15) is 0 Å². The Balaban J connectivity index is 1.32. The first-order chi connectivity index (χ1) is 26.0. The molecule has 9 nitrogen and oxygen atoms in total. The molecular weight excluding hydrogens is 743 g/mol. The van der Waals surface area contributed by atoms with Gasteiger partial charge in [-0.25, -0.2) is 4.98 Å². The van der Waals surface area contributed by atoms with Gasteiger partial charge in [0, 0.05) is 68.2 Å². The molecule has 0 radical (unpaired) electrons. The van der Waals surface area contributed by atoms with Crippen molar-refractivity contribution in [2.75, 3.05) is 30.4 Å². The third kappa shape index (κ3) is 7.53. The number of carbonyl (C=O) groups excluding carboxylic acids is 2. The lowest BCUT2D eigenvalue weighted by Gasteiger charge is -2.35. The van der Waals surface area contributed by atoms with Crippen LogP contribution in [0.3, 0.4) is 0 Å². The Morgan fingerprint density at radius 3 is 2.33 bits per heavy atom. The van der Waals surface area contributed by atoms with E-state index in [1.165, 1.54) is 0 Å². The number of nitrogens with one attached hydrogen (secondary N) is 3. The number of rotatable bonds is 10. The number of aromatic amines is 1. The Kier molecular flexibility index (Phi) is 10.9. The Morgan fingerprint density at radius 1 is 0.907 bits per heavy atom. The summed E-state index contributed by atoms with van der Waals surface area (Å²) in [6.07, 6.45) is 3.36. The maximum Gasteiger partial charge on any atom is 0.272 e. The van der Waals surface area contributed by atoms with Gasteiger partial charge in [0.2, 0.25) is 5.91 Å². The number of methoxy groups -OCH3 is 1. The van der Waals surface area contributed by atoms with Crippen LogP contribution in [0, 0.1) is 5.92 Å². The lowest BCUT2D eigenvalue weighted by molar-refractivity contribution is -0.124. The predicted octanol–water partition coefficient (Wildman–Crippen LogP) is 10.3. The van der Waals surface area contributed by atoms with Gasteiger partial charge >= 0.3 is 0 Å². The van der Waals surface area contributed by atoms with Crippen molar-refractivity contribution in [1.82, 2.24) is 19.9 Å². The van der Waals surface area contributed by atoms with Crippen molar-refractivity contribution < 1.29 is 14.3 Å². The fourth-order valence-corrected chi connectivity index (χ4v) is 7.86. The number of aromatic nitrogens is 3. The topological polar surface area (TPSA) is 104 Å². The Labute approximate surface area is 329 Å². The fraction of sp³-hybridized carbons (Fsp3) is 0.262. The number of H-pyrrole nitrogens is 1. The highest BCUT2D eigenvalue weighted by Gasteiger charge is 2.30. The van der Waals surface area contributed by atoms with E-state index in [2.05, 4.69) is 20.5 Å². The van der Waals surface area contributed by atoms with Crippen LogP contribution >= 0.6 is 34.8 Å². The average Bonchev–Trinajstić information content (AvgIpc) is 3.77. The molecule has 3 N–H and O–H groups in total. The van der Waals surface area contributed by atoms with Gasteiger partial charge in [0.25, 0.3) is 5.91 Å². The first-order valence-electron chi connectivity index (χ1n) is 18.0. The van der Waals surface area contributed by atoms with E-state index in [0.29, 0.717) is 62.1 Å². The molecule has 0 aliphatic carbocycles. The standard InChI is InChI=1S/C42H41Cl3N6O3/c1-24(2)41(52)47-29-16-18-50(19-17-29)36-15-12-30(54-4)22-35(36)49-42(53)39-37(32-14-11-28(44)21-34(32)48-39)40-38(26-8-6-5-7-9-26)46-23-51(40)25(3)31-13-10-27(43)20-33(31)45/h5-15,20-25,29,48H,16-19H2,1-4H3,(H,47,52)(H,49,53)/t25-/m0/s1. The smallest absolute Gasteiger partial charge is 0.272 e. The van der Waals surface area contributed by atoms with Crippen LogP contribution in [0.1, 0.15) is 55.7 Å². The van der Waals surface area contributed by atoms with Gasteiger partial charge in [0.05, 0.1) is 42.2 Å². The van der Waals surface area contributed by atoms with Gasteiger partial charge in [-0.05, 0) is 61.7 Å². The molecule has 54 heavy (non-hydrogen) atoms.